The fourth-order valence-corrected chi connectivity index (χ4v) is 3.43. The lowest BCUT2D eigenvalue weighted by molar-refractivity contribution is 0.102. The number of imidazole rings is 1. The molecule has 0 unspecified atom stereocenters. The predicted molar refractivity (Wildman–Crippen MR) is 113 cm³/mol. The zero-order valence-electron chi connectivity index (χ0n) is 14.1. The maximum absolute atomic E-state index is 12.5. The molecule has 4 aromatic rings. The quantitative estimate of drug-likeness (QED) is 0.409. The third-order valence-electron chi connectivity index (χ3n) is 4.24. The highest BCUT2D eigenvalue weighted by Crippen LogP contribution is 2.23. The predicted octanol–water partition coefficient (Wildman–Crippen LogP) is 5.40. The Balaban J connectivity index is 1.56. The number of para-hydroxylation sites is 2. The van der Waals surface area contributed by atoms with Crippen LogP contribution in [0.25, 0.3) is 22.4 Å². The van der Waals surface area contributed by atoms with Crippen molar-refractivity contribution in [2.45, 2.75) is 6.92 Å². The molecule has 1 heterocycles. The Morgan fingerprint density at radius 2 is 1.77 bits per heavy atom. The molecule has 128 valence electrons. The average Bonchev–Trinajstić information content (AvgIpc) is 3.08. The van der Waals surface area contributed by atoms with E-state index in [4.69, 9.17) is 0 Å². The Hall–Kier alpha value is -2.67. The van der Waals surface area contributed by atoms with Gasteiger partial charge in [0.05, 0.1) is 16.6 Å². The molecule has 0 radical (unpaired) electrons. The number of rotatable bonds is 3. The van der Waals surface area contributed by atoms with Crippen molar-refractivity contribution in [2.24, 2.45) is 0 Å². The van der Waals surface area contributed by atoms with E-state index in [-0.39, 0.29) is 5.91 Å². The van der Waals surface area contributed by atoms with E-state index < -0.39 is 0 Å². The molecule has 4 nitrogen and oxygen atoms in total. The summed E-state index contributed by atoms with van der Waals surface area (Å²) in [5.74, 6) is 0.715. The third kappa shape index (κ3) is 3.22. The average molecular weight is 453 g/mol. The summed E-state index contributed by atoms with van der Waals surface area (Å²) in [5.41, 5.74) is 5.46. The van der Waals surface area contributed by atoms with Crippen molar-refractivity contribution in [3.63, 3.8) is 0 Å². The Labute approximate surface area is 164 Å². The van der Waals surface area contributed by atoms with Crippen LogP contribution in [0.2, 0.25) is 0 Å². The number of carbonyl (C=O) groups excluding carboxylic acids is 1. The van der Waals surface area contributed by atoms with Crippen LogP contribution in [0.4, 0.5) is 5.69 Å². The van der Waals surface area contributed by atoms with E-state index in [0.29, 0.717) is 5.56 Å². The standard InChI is InChI=1S/C21H16IN3O/c1-13-5-4-6-16(19(13)22)21(26)23-15-11-9-14(10-12-15)20-24-17-7-2-3-8-18(17)25-20/h2-12H,1H3,(H,23,26)(H,24,25). The summed E-state index contributed by atoms with van der Waals surface area (Å²) in [6, 6.07) is 21.4. The van der Waals surface area contributed by atoms with Gasteiger partial charge in [-0.05, 0) is 77.5 Å². The van der Waals surface area contributed by atoms with Crippen molar-refractivity contribution in [1.29, 1.82) is 0 Å². The maximum atomic E-state index is 12.5. The first kappa shape index (κ1) is 16.8. The minimum atomic E-state index is -0.102. The molecular weight excluding hydrogens is 437 g/mol. The van der Waals surface area contributed by atoms with Gasteiger partial charge in [0.25, 0.3) is 5.91 Å². The summed E-state index contributed by atoms with van der Waals surface area (Å²) in [7, 11) is 0. The van der Waals surface area contributed by atoms with E-state index in [1.807, 2.05) is 73.7 Å². The lowest BCUT2D eigenvalue weighted by Gasteiger charge is -2.09. The number of H-pyrrole nitrogens is 1. The van der Waals surface area contributed by atoms with E-state index in [1.54, 1.807) is 0 Å². The zero-order valence-corrected chi connectivity index (χ0v) is 16.2. The smallest absolute Gasteiger partial charge is 0.256 e. The molecule has 0 saturated carbocycles. The molecular formula is C21H16IN3O. The SMILES string of the molecule is Cc1cccc(C(=O)Nc2ccc(-c3nc4ccccc4[nH]3)cc2)c1I. The molecule has 4 rings (SSSR count). The van der Waals surface area contributed by atoms with E-state index in [2.05, 4.69) is 37.9 Å². The minimum Gasteiger partial charge on any atom is -0.338 e. The molecule has 3 aromatic carbocycles. The molecule has 26 heavy (non-hydrogen) atoms. The van der Waals surface area contributed by atoms with Gasteiger partial charge in [0.15, 0.2) is 0 Å². The fraction of sp³-hybridized carbons (Fsp3) is 0.0476. The third-order valence-corrected chi connectivity index (χ3v) is 5.67. The van der Waals surface area contributed by atoms with Crippen LogP contribution in [-0.4, -0.2) is 15.9 Å². The van der Waals surface area contributed by atoms with Gasteiger partial charge in [-0.3, -0.25) is 4.79 Å². The first-order valence-electron chi connectivity index (χ1n) is 8.23. The van der Waals surface area contributed by atoms with Gasteiger partial charge in [0.2, 0.25) is 0 Å². The number of anilines is 1. The van der Waals surface area contributed by atoms with Crippen LogP contribution in [0.3, 0.4) is 0 Å². The molecule has 1 amide bonds. The summed E-state index contributed by atoms with van der Waals surface area (Å²) in [4.78, 5) is 20.4. The Kier molecular flexibility index (Phi) is 4.46. The molecule has 0 fully saturated rings. The second-order valence-corrected chi connectivity index (χ2v) is 7.15. The number of benzene rings is 3. The van der Waals surface area contributed by atoms with Gasteiger partial charge in [0.1, 0.15) is 5.82 Å². The summed E-state index contributed by atoms with van der Waals surface area (Å²) in [6.07, 6.45) is 0. The number of amides is 1. The van der Waals surface area contributed by atoms with Gasteiger partial charge in [-0.15, -0.1) is 0 Å². The van der Waals surface area contributed by atoms with E-state index in [1.165, 1.54) is 0 Å². The minimum absolute atomic E-state index is 0.102. The van der Waals surface area contributed by atoms with Gasteiger partial charge in [-0.25, -0.2) is 4.98 Å². The summed E-state index contributed by atoms with van der Waals surface area (Å²) in [5, 5.41) is 2.96. The highest BCUT2D eigenvalue weighted by molar-refractivity contribution is 14.1. The van der Waals surface area contributed by atoms with Crippen LogP contribution in [0.1, 0.15) is 15.9 Å². The highest BCUT2D eigenvalue weighted by atomic mass is 127. The second kappa shape index (κ2) is 6.92. The number of halogens is 1. The molecule has 0 aliphatic carbocycles. The Morgan fingerprint density at radius 3 is 2.54 bits per heavy atom. The first-order valence-corrected chi connectivity index (χ1v) is 9.31. The van der Waals surface area contributed by atoms with Crippen LogP contribution in [0.5, 0.6) is 0 Å². The molecule has 0 spiro atoms. The number of nitrogens with one attached hydrogen (secondary N) is 2. The molecule has 0 atom stereocenters. The normalized spacial score (nSPS) is 10.8. The molecule has 0 saturated heterocycles. The molecule has 0 bridgehead atoms. The number of aryl methyl sites for hydroxylation is 1. The number of aromatic nitrogens is 2. The Bertz CT molecular complexity index is 1070. The number of hydrogen-bond donors (Lipinski definition) is 2. The first-order chi connectivity index (χ1) is 12.6. The highest BCUT2D eigenvalue weighted by Gasteiger charge is 2.12. The topological polar surface area (TPSA) is 57.8 Å². The van der Waals surface area contributed by atoms with Crippen molar-refractivity contribution >= 4 is 45.2 Å². The van der Waals surface area contributed by atoms with E-state index in [9.17, 15) is 4.79 Å². The summed E-state index contributed by atoms with van der Waals surface area (Å²) < 4.78 is 0.974. The molecule has 2 N–H and O–H groups in total. The van der Waals surface area contributed by atoms with E-state index in [0.717, 1.165) is 37.2 Å². The molecule has 0 aliphatic heterocycles. The molecule has 1 aromatic heterocycles. The number of aromatic amines is 1. The van der Waals surface area contributed by atoms with Crippen LogP contribution < -0.4 is 5.32 Å². The molecule has 0 aliphatic rings. The molecule has 5 heteroatoms. The Morgan fingerprint density at radius 1 is 1.00 bits per heavy atom. The van der Waals surface area contributed by atoms with Gasteiger partial charge in [-0.1, -0.05) is 24.3 Å². The van der Waals surface area contributed by atoms with Crippen molar-refractivity contribution in [3.8, 4) is 11.4 Å². The van der Waals surface area contributed by atoms with Crippen LogP contribution in [0, 0.1) is 10.5 Å². The van der Waals surface area contributed by atoms with Gasteiger partial charge in [0, 0.05) is 14.8 Å². The number of hydrogen-bond acceptors (Lipinski definition) is 2. The van der Waals surface area contributed by atoms with Crippen LogP contribution in [-0.2, 0) is 0 Å². The zero-order chi connectivity index (χ0) is 18.1. The second-order valence-electron chi connectivity index (χ2n) is 6.07. The van der Waals surface area contributed by atoms with Crippen LogP contribution in [0.15, 0.2) is 66.7 Å². The van der Waals surface area contributed by atoms with Gasteiger partial charge >= 0.3 is 0 Å². The fourth-order valence-electron chi connectivity index (χ4n) is 2.82. The lowest BCUT2D eigenvalue weighted by Crippen LogP contribution is -2.13. The summed E-state index contributed by atoms with van der Waals surface area (Å²) >= 11 is 2.21. The van der Waals surface area contributed by atoms with Gasteiger partial charge < -0.3 is 10.3 Å². The monoisotopic (exact) mass is 453 g/mol. The van der Waals surface area contributed by atoms with E-state index >= 15 is 0 Å². The number of fused-ring (bicyclic) bond motifs is 1. The van der Waals surface area contributed by atoms with Gasteiger partial charge in [-0.2, -0.15) is 0 Å². The lowest BCUT2D eigenvalue weighted by atomic mass is 10.1. The maximum Gasteiger partial charge on any atom is 0.256 e. The number of nitrogens with zero attached hydrogens (tertiary/aromatic N) is 1. The van der Waals surface area contributed by atoms with Crippen molar-refractivity contribution < 1.29 is 4.79 Å². The number of carbonyl (C=O) groups is 1. The largest absolute Gasteiger partial charge is 0.338 e. The van der Waals surface area contributed by atoms with Crippen molar-refractivity contribution in [2.75, 3.05) is 5.32 Å². The van der Waals surface area contributed by atoms with Crippen molar-refractivity contribution in [1.82, 2.24) is 9.97 Å². The van der Waals surface area contributed by atoms with Crippen molar-refractivity contribution in [3.05, 3.63) is 81.4 Å². The summed E-state index contributed by atoms with van der Waals surface area (Å²) in [6.45, 7) is 2.00. The van der Waals surface area contributed by atoms with Crippen LogP contribution >= 0.6 is 22.6 Å².